The lowest BCUT2D eigenvalue weighted by Crippen LogP contribution is -2.33. The molecule has 0 aliphatic carbocycles. The van der Waals surface area contributed by atoms with E-state index in [0.29, 0.717) is 6.61 Å². The molecule has 0 saturated carbocycles. The molecule has 0 amide bonds. The number of quaternary nitrogens is 1. The van der Waals surface area contributed by atoms with Crippen molar-refractivity contribution in [2.45, 2.75) is 13.8 Å². The van der Waals surface area contributed by atoms with Crippen LogP contribution in [-0.2, 0) is 9.53 Å². The molecule has 0 aromatic rings. The summed E-state index contributed by atoms with van der Waals surface area (Å²) in [4.78, 5) is 10.1. The minimum atomic E-state index is -0.359. The molecule has 0 heterocycles. The lowest BCUT2D eigenvalue weighted by molar-refractivity contribution is -0.868. The first-order valence-electron chi connectivity index (χ1n) is 4.47. The average molecular weight is 188 g/mol. The van der Waals surface area contributed by atoms with Crippen molar-refractivity contribution in [3.63, 3.8) is 0 Å². The molecule has 13 heavy (non-hydrogen) atoms. The maximum absolute atomic E-state index is 10.1. The monoisotopic (exact) mass is 188 g/mol. The first-order valence-corrected chi connectivity index (χ1v) is 4.47. The van der Waals surface area contributed by atoms with Gasteiger partial charge in [0.2, 0.25) is 0 Å². The summed E-state index contributed by atoms with van der Waals surface area (Å²) in [5, 5.41) is 0. The quantitative estimate of drug-likeness (QED) is 0.380. The van der Waals surface area contributed by atoms with Crippen LogP contribution in [0.15, 0.2) is 12.7 Å². The first-order chi connectivity index (χ1) is 5.87. The van der Waals surface area contributed by atoms with E-state index in [2.05, 4.69) is 39.4 Å². The maximum Gasteiger partial charge on any atom is 0.330 e. The summed E-state index contributed by atoms with van der Waals surface area (Å²) >= 11 is 0. The third-order valence-corrected chi connectivity index (χ3v) is 1.40. The molecule has 78 valence electrons. The van der Waals surface area contributed by atoms with Gasteiger partial charge in [0.25, 0.3) is 0 Å². The normalized spacial score (nSPS) is 9.62. The fraction of sp³-hybridized carbons (Fsp3) is 0.700. The van der Waals surface area contributed by atoms with Gasteiger partial charge in [-0.2, -0.15) is 0 Å². The van der Waals surface area contributed by atoms with Gasteiger partial charge in [-0.3, -0.25) is 0 Å². The Labute approximate surface area is 81.6 Å². The van der Waals surface area contributed by atoms with E-state index >= 15 is 0 Å². The Morgan fingerprint density at radius 1 is 1.38 bits per heavy atom. The molecule has 0 fully saturated rings. The van der Waals surface area contributed by atoms with Crippen LogP contribution in [0.2, 0.25) is 0 Å². The van der Waals surface area contributed by atoms with Crippen LogP contribution >= 0.6 is 0 Å². The second-order valence-electron chi connectivity index (χ2n) is 3.56. The Balaban J connectivity index is 0. The Morgan fingerprint density at radius 2 is 1.77 bits per heavy atom. The number of nitrogens with zero attached hydrogens (tertiary/aromatic N) is 1. The van der Waals surface area contributed by atoms with Gasteiger partial charge in [-0.05, 0) is 13.8 Å². The maximum atomic E-state index is 10.1. The van der Waals surface area contributed by atoms with Crippen molar-refractivity contribution in [1.29, 1.82) is 0 Å². The summed E-state index contributed by atoms with van der Waals surface area (Å²) in [7, 11) is 6.54. The number of hydrogen-bond acceptors (Lipinski definition) is 2. The van der Waals surface area contributed by atoms with E-state index in [0.717, 1.165) is 10.6 Å². The lowest BCUT2D eigenvalue weighted by atomic mass is 10.6. The second-order valence-corrected chi connectivity index (χ2v) is 3.56. The topological polar surface area (TPSA) is 26.3 Å². The van der Waals surface area contributed by atoms with E-state index in [9.17, 15) is 4.79 Å². The van der Waals surface area contributed by atoms with Crippen LogP contribution < -0.4 is 0 Å². The van der Waals surface area contributed by atoms with Crippen molar-refractivity contribution in [2.75, 3.05) is 34.3 Å². The highest BCUT2D eigenvalue weighted by atomic mass is 16.5. The van der Waals surface area contributed by atoms with Crippen LogP contribution in [0, 0.1) is 0 Å². The molecule has 0 aromatic carbocycles. The fourth-order valence-corrected chi connectivity index (χ4v) is 0.201. The number of ether oxygens (including phenoxy) is 1. The van der Waals surface area contributed by atoms with Gasteiger partial charge < -0.3 is 9.22 Å². The van der Waals surface area contributed by atoms with Gasteiger partial charge in [0.05, 0.1) is 34.3 Å². The largest absolute Gasteiger partial charge is 0.463 e. The first kappa shape index (κ1) is 14.7. The highest BCUT2D eigenvalue weighted by Crippen LogP contribution is 1.83. The summed E-state index contributed by atoms with van der Waals surface area (Å²) < 4.78 is 5.50. The van der Waals surface area contributed by atoms with E-state index < -0.39 is 0 Å². The molecule has 0 aliphatic rings. The summed E-state index contributed by atoms with van der Waals surface area (Å²) in [6.45, 7) is 8.77. The zero-order valence-corrected chi connectivity index (χ0v) is 9.46. The van der Waals surface area contributed by atoms with E-state index in [1.54, 1.807) is 6.92 Å². The molecule has 0 radical (unpaired) electrons. The van der Waals surface area contributed by atoms with Gasteiger partial charge in [0.15, 0.2) is 0 Å². The summed E-state index contributed by atoms with van der Waals surface area (Å²) in [5.74, 6) is -0.359. The number of carbonyl (C=O) groups is 1. The van der Waals surface area contributed by atoms with Crippen molar-refractivity contribution >= 4 is 5.97 Å². The fourth-order valence-electron chi connectivity index (χ4n) is 0.201. The molecule has 0 aromatic heterocycles. The van der Waals surface area contributed by atoms with Gasteiger partial charge >= 0.3 is 5.97 Å². The zero-order chi connectivity index (χ0) is 10.9. The summed E-state index contributed by atoms with van der Waals surface area (Å²) in [6, 6.07) is 0. The highest BCUT2D eigenvalue weighted by molar-refractivity contribution is 5.81. The van der Waals surface area contributed by atoms with Crippen LogP contribution in [0.5, 0.6) is 0 Å². The predicted octanol–water partition coefficient (Wildman–Crippen LogP) is 1.45. The third-order valence-electron chi connectivity index (χ3n) is 1.40. The van der Waals surface area contributed by atoms with Gasteiger partial charge in [0.1, 0.15) is 0 Å². The Morgan fingerprint density at radius 3 is 1.85 bits per heavy atom. The Bertz CT molecular complexity index is 147. The van der Waals surface area contributed by atoms with Crippen molar-refractivity contribution in [2.24, 2.45) is 0 Å². The molecule has 0 spiro atoms. The zero-order valence-electron chi connectivity index (χ0n) is 9.46. The smallest absolute Gasteiger partial charge is 0.330 e. The summed E-state index contributed by atoms with van der Waals surface area (Å²) in [5.41, 5.74) is 0. The van der Waals surface area contributed by atoms with Crippen molar-refractivity contribution in [3.8, 4) is 0 Å². The molecule has 0 N–H and O–H groups in total. The second kappa shape index (κ2) is 7.80. The van der Waals surface area contributed by atoms with Crippen LogP contribution in [0.3, 0.4) is 0 Å². The standard InChI is InChI=1S/C5H14N.C5H8O2/c1-5-6(2,3)4;1-3-5(6)7-4-2/h5H2,1-4H3;3H,1,4H2,2H3/q+1;. The summed E-state index contributed by atoms with van der Waals surface area (Å²) in [6.07, 6.45) is 1.14. The van der Waals surface area contributed by atoms with Crippen LogP contribution in [0.1, 0.15) is 13.8 Å². The molecule has 0 atom stereocenters. The molecule has 0 bridgehead atoms. The van der Waals surface area contributed by atoms with Crippen LogP contribution in [-0.4, -0.2) is 44.7 Å². The van der Waals surface area contributed by atoms with Crippen molar-refractivity contribution in [1.82, 2.24) is 0 Å². The molecule has 0 aliphatic heterocycles. The molecule has 0 rings (SSSR count). The van der Waals surface area contributed by atoms with Crippen LogP contribution in [0.25, 0.3) is 0 Å². The van der Waals surface area contributed by atoms with Gasteiger partial charge in [0, 0.05) is 6.08 Å². The number of carbonyl (C=O) groups excluding carboxylic acids is 1. The van der Waals surface area contributed by atoms with E-state index in [1.807, 2.05) is 0 Å². The molecular weight excluding hydrogens is 166 g/mol. The minimum absolute atomic E-state index is 0.359. The van der Waals surface area contributed by atoms with Gasteiger partial charge in [-0.25, -0.2) is 4.79 Å². The van der Waals surface area contributed by atoms with E-state index in [4.69, 9.17) is 0 Å². The number of rotatable bonds is 3. The average Bonchev–Trinajstić information content (AvgIpc) is 2.05. The van der Waals surface area contributed by atoms with Gasteiger partial charge in [-0.1, -0.05) is 6.58 Å². The third kappa shape index (κ3) is 18.3. The van der Waals surface area contributed by atoms with Crippen molar-refractivity contribution < 1.29 is 14.0 Å². The Hall–Kier alpha value is -0.830. The lowest BCUT2D eigenvalue weighted by Gasteiger charge is -2.20. The van der Waals surface area contributed by atoms with E-state index in [1.165, 1.54) is 6.54 Å². The molecule has 0 saturated heterocycles. The SMILES string of the molecule is C=CC(=O)OCC.CC[N+](C)(C)C. The molecule has 0 unspecified atom stereocenters. The van der Waals surface area contributed by atoms with Gasteiger partial charge in [-0.15, -0.1) is 0 Å². The molecule has 3 heteroatoms. The molecular formula is C10H22NO2+. The number of esters is 1. The predicted molar refractivity (Wildman–Crippen MR) is 55.4 cm³/mol. The Kier molecular flexibility index (Phi) is 8.81. The molecule has 3 nitrogen and oxygen atoms in total. The highest BCUT2D eigenvalue weighted by Gasteiger charge is 1.97. The van der Waals surface area contributed by atoms with Crippen LogP contribution in [0.4, 0.5) is 0 Å². The van der Waals surface area contributed by atoms with Crippen molar-refractivity contribution in [3.05, 3.63) is 12.7 Å². The van der Waals surface area contributed by atoms with E-state index in [-0.39, 0.29) is 5.97 Å². The minimum Gasteiger partial charge on any atom is -0.463 e. The number of hydrogen-bond donors (Lipinski definition) is 0.